The van der Waals surface area contributed by atoms with Gasteiger partial charge in [0, 0.05) is 45.5 Å². The molecule has 0 atom stereocenters. The van der Waals surface area contributed by atoms with E-state index in [1.807, 2.05) is 12.1 Å². The highest BCUT2D eigenvalue weighted by molar-refractivity contribution is 6.05. The summed E-state index contributed by atoms with van der Waals surface area (Å²) in [5, 5.41) is 3.03. The molecule has 32 heavy (non-hydrogen) atoms. The molecule has 0 bridgehead atoms. The van der Waals surface area contributed by atoms with Gasteiger partial charge < -0.3 is 20.1 Å². The number of nitrogens with one attached hydrogen (secondary N) is 2. The first-order chi connectivity index (χ1) is 15.4. The Morgan fingerprint density at radius 1 is 1.12 bits per heavy atom. The van der Waals surface area contributed by atoms with Crippen LogP contribution in [0.3, 0.4) is 0 Å². The zero-order valence-corrected chi connectivity index (χ0v) is 19.3. The number of pyridine rings is 1. The molecule has 1 amide bonds. The summed E-state index contributed by atoms with van der Waals surface area (Å²) in [5.74, 6) is 0.584. The molecule has 8 heteroatoms. The van der Waals surface area contributed by atoms with E-state index in [2.05, 4.69) is 50.7 Å². The monoisotopic (exact) mass is 435 g/mol. The van der Waals surface area contributed by atoms with E-state index in [-0.39, 0.29) is 11.4 Å². The highest BCUT2D eigenvalue weighted by atomic mass is 16.1. The maximum absolute atomic E-state index is 12.8. The Balaban J connectivity index is 1.63. The molecular weight excluding hydrogens is 402 g/mol. The quantitative estimate of drug-likeness (QED) is 0.701. The molecule has 170 valence electrons. The van der Waals surface area contributed by atoms with Crippen LogP contribution >= 0.6 is 0 Å². The lowest BCUT2D eigenvalue weighted by Gasteiger charge is -2.43. The molecule has 0 aliphatic carbocycles. The van der Waals surface area contributed by atoms with E-state index in [0.29, 0.717) is 17.1 Å². The van der Waals surface area contributed by atoms with Crippen LogP contribution in [0.5, 0.6) is 0 Å². The first-order valence-electron chi connectivity index (χ1n) is 11.5. The summed E-state index contributed by atoms with van der Waals surface area (Å²) in [7, 11) is 2.17. The van der Waals surface area contributed by atoms with Crippen molar-refractivity contribution in [1.29, 1.82) is 0 Å². The molecule has 4 heterocycles. The summed E-state index contributed by atoms with van der Waals surface area (Å²) < 4.78 is 0. The summed E-state index contributed by atoms with van der Waals surface area (Å²) in [6, 6.07) is 5.60. The highest BCUT2D eigenvalue weighted by Gasteiger charge is 2.33. The Labute approximate surface area is 190 Å². The van der Waals surface area contributed by atoms with Crippen LogP contribution in [0.1, 0.15) is 49.3 Å². The molecule has 2 aliphatic heterocycles. The first-order valence-corrected chi connectivity index (χ1v) is 11.5. The molecule has 0 radical (unpaired) electrons. The van der Waals surface area contributed by atoms with Gasteiger partial charge in [0.1, 0.15) is 0 Å². The van der Waals surface area contributed by atoms with Gasteiger partial charge in [0.2, 0.25) is 5.69 Å². The maximum Gasteiger partial charge on any atom is 0.270 e. The third-order valence-electron chi connectivity index (χ3n) is 6.74. The molecule has 8 nitrogen and oxygen atoms in total. The minimum absolute atomic E-state index is 0.196. The van der Waals surface area contributed by atoms with Gasteiger partial charge in [-0.15, -0.1) is 0 Å². The fourth-order valence-electron chi connectivity index (χ4n) is 4.53. The SMILES string of the molecule is [C-]#[N+]c1c[nH]c(C(=O)Nc2ccc(C(C)(C)N3CCN(C)CC3)nc2N2CCCCC2)c1. The largest absolute Gasteiger partial charge is 0.368 e. The minimum atomic E-state index is -0.258. The van der Waals surface area contributed by atoms with E-state index in [1.165, 1.54) is 6.42 Å². The van der Waals surface area contributed by atoms with E-state index in [0.717, 1.165) is 63.6 Å². The Bertz CT molecular complexity index is 992. The summed E-state index contributed by atoms with van der Waals surface area (Å²) in [6.07, 6.45) is 5.04. The van der Waals surface area contributed by atoms with Gasteiger partial charge in [-0.3, -0.25) is 9.69 Å². The Hall–Kier alpha value is -2.89. The third kappa shape index (κ3) is 4.64. The van der Waals surface area contributed by atoms with Crippen LogP contribution in [0.2, 0.25) is 0 Å². The summed E-state index contributed by atoms with van der Waals surface area (Å²) in [6.45, 7) is 17.6. The van der Waals surface area contributed by atoms with Gasteiger partial charge in [-0.25, -0.2) is 9.83 Å². The summed E-state index contributed by atoms with van der Waals surface area (Å²) in [4.78, 5) is 31.4. The fraction of sp³-hybridized carbons (Fsp3) is 0.542. The number of rotatable bonds is 5. The zero-order valence-electron chi connectivity index (χ0n) is 19.3. The number of amides is 1. The van der Waals surface area contributed by atoms with Crippen molar-refractivity contribution in [3.05, 3.63) is 47.2 Å². The third-order valence-corrected chi connectivity index (χ3v) is 6.74. The lowest BCUT2D eigenvalue weighted by atomic mass is 9.96. The summed E-state index contributed by atoms with van der Waals surface area (Å²) >= 11 is 0. The molecule has 2 aliphatic rings. The van der Waals surface area contributed by atoms with Crippen molar-refractivity contribution in [2.24, 2.45) is 0 Å². The van der Waals surface area contributed by atoms with Crippen LogP contribution < -0.4 is 10.2 Å². The van der Waals surface area contributed by atoms with Crippen molar-refractivity contribution in [2.45, 2.75) is 38.6 Å². The number of H-pyrrole nitrogens is 1. The van der Waals surface area contributed by atoms with Gasteiger partial charge in [0.05, 0.1) is 29.2 Å². The Kier molecular flexibility index (Phi) is 6.49. The summed E-state index contributed by atoms with van der Waals surface area (Å²) in [5.41, 5.74) is 2.35. The van der Waals surface area contributed by atoms with E-state index in [4.69, 9.17) is 11.6 Å². The van der Waals surface area contributed by atoms with Crippen LogP contribution in [-0.4, -0.2) is 72.0 Å². The topological polar surface area (TPSA) is 71.9 Å². The molecule has 2 aromatic heterocycles. The van der Waals surface area contributed by atoms with Crippen LogP contribution in [0.4, 0.5) is 17.2 Å². The number of carbonyl (C=O) groups is 1. The van der Waals surface area contributed by atoms with E-state index in [9.17, 15) is 4.79 Å². The molecule has 0 saturated carbocycles. The molecule has 2 saturated heterocycles. The van der Waals surface area contributed by atoms with Gasteiger partial charge in [-0.1, -0.05) is 0 Å². The van der Waals surface area contributed by atoms with E-state index >= 15 is 0 Å². The second kappa shape index (κ2) is 9.31. The first kappa shape index (κ1) is 22.3. The number of hydrogen-bond donors (Lipinski definition) is 2. The second-order valence-electron chi connectivity index (χ2n) is 9.30. The highest BCUT2D eigenvalue weighted by Crippen LogP contribution is 2.33. The molecule has 4 rings (SSSR count). The molecule has 0 spiro atoms. The second-order valence-corrected chi connectivity index (χ2v) is 9.30. The van der Waals surface area contributed by atoms with Crippen LogP contribution in [0.25, 0.3) is 4.85 Å². The van der Waals surface area contributed by atoms with Crippen LogP contribution in [-0.2, 0) is 5.54 Å². The predicted molar refractivity (Wildman–Crippen MR) is 127 cm³/mol. The molecule has 2 fully saturated rings. The zero-order chi connectivity index (χ0) is 22.7. The molecule has 2 N–H and O–H groups in total. The Morgan fingerprint density at radius 3 is 2.50 bits per heavy atom. The van der Waals surface area contributed by atoms with Gasteiger partial charge in [0.15, 0.2) is 5.82 Å². The number of aromatic nitrogens is 2. The molecule has 0 aromatic carbocycles. The average Bonchev–Trinajstić information content (AvgIpc) is 3.30. The van der Waals surface area contributed by atoms with Crippen molar-refractivity contribution in [1.82, 2.24) is 19.8 Å². The van der Waals surface area contributed by atoms with Gasteiger partial charge in [0.25, 0.3) is 5.91 Å². The predicted octanol–water partition coefficient (Wildman–Crippen LogP) is 3.69. The number of hydrogen-bond acceptors (Lipinski definition) is 5. The number of piperazine rings is 1. The van der Waals surface area contributed by atoms with Crippen molar-refractivity contribution in [2.75, 3.05) is 56.5 Å². The van der Waals surface area contributed by atoms with Crippen molar-refractivity contribution in [3.8, 4) is 0 Å². The smallest absolute Gasteiger partial charge is 0.270 e. The van der Waals surface area contributed by atoms with Gasteiger partial charge >= 0.3 is 0 Å². The molecular formula is C24H33N7O. The number of aromatic amines is 1. The number of piperidine rings is 1. The normalized spacial score (nSPS) is 18.4. The lowest BCUT2D eigenvalue weighted by Crippen LogP contribution is -2.52. The van der Waals surface area contributed by atoms with Gasteiger partial charge in [-0.05, 0) is 58.4 Å². The van der Waals surface area contributed by atoms with Crippen molar-refractivity contribution >= 4 is 23.1 Å². The Morgan fingerprint density at radius 2 is 1.84 bits per heavy atom. The van der Waals surface area contributed by atoms with Crippen LogP contribution in [0, 0.1) is 6.57 Å². The number of anilines is 2. The van der Waals surface area contributed by atoms with Crippen LogP contribution in [0.15, 0.2) is 24.4 Å². The number of nitrogens with zero attached hydrogens (tertiary/aromatic N) is 5. The maximum atomic E-state index is 12.8. The van der Waals surface area contributed by atoms with Gasteiger partial charge in [-0.2, -0.15) is 0 Å². The molecule has 2 aromatic rings. The lowest BCUT2D eigenvalue weighted by molar-refractivity contribution is 0.0580. The fourth-order valence-corrected chi connectivity index (χ4v) is 4.53. The van der Waals surface area contributed by atoms with Crippen molar-refractivity contribution < 1.29 is 4.79 Å². The minimum Gasteiger partial charge on any atom is -0.368 e. The standard InChI is InChI=1S/C24H33N7O/c1-24(2,31-14-12-29(4)13-15-31)21-9-8-19(22(28-21)30-10-6-5-7-11-30)27-23(32)20-16-18(25-3)17-26-20/h8-9,16-17,26H,5-7,10-15H2,1-2,4H3,(H,27,32). The number of likely N-dealkylation sites (N-methyl/N-ethyl adjacent to an activating group) is 1. The molecule has 0 unspecified atom stereocenters. The van der Waals surface area contributed by atoms with E-state index < -0.39 is 0 Å². The van der Waals surface area contributed by atoms with Crippen molar-refractivity contribution in [3.63, 3.8) is 0 Å². The average molecular weight is 436 g/mol. The van der Waals surface area contributed by atoms with E-state index in [1.54, 1.807) is 12.3 Å². The number of carbonyl (C=O) groups excluding carboxylic acids is 1.